The van der Waals surface area contributed by atoms with E-state index in [1.165, 1.54) is 0 Å². The summed E-state index contributed by atoms with van der Waals surface area (Å²) in [5, 5.41) is 10.1. The van der Waals surface area contributed by atoms with Crippen molar-refractivity contribution in [2.45, 2.75) is 38.4 Å². The van der Waals surface area contributed by atoms with Gasteiger partial charge in [0.05, 0.1) is 13.2 Å². The quantitative estimate of drug-likeness (QED) is 0.836. The summed E-state index contributed by atoms with van der Waals surface area (Å²) in [7, 11) is 1.62. The molecular formula is C13H18O3. The van der Waals surface area contributed by atoms with E-state index in [1.807, 2.05) is 25.1 Å². The van der Waals surface area contributed by atoms with Crippen molar-refractivity contribution < 1.29 is 14.6 Å². The molecule has 1 aromatic carbocycles. The molecule has 16 heavy (non-hydrogen) atoms. The van der Waals surface area contributed by atoms with Gasteiger partial charge in [-0.15, -0.1) is 0 Å². The first kappa shape index (κ1) is 11.3. The number of benzene rings is 1. The van der Waals surface area contributed by atoms with Crippen LogP contribution in [0, 0.1) is 0 Å². The summed E-state index contributed by atoms with van der Waals surface area (Å²) in [5.74, 6) is 1.49. The normalized spacial score (nSPS) is 28.1. The number of ether oxygens (including phenoxy) is 2. The topological polar surface area (TPSA) is 38.7 Å². The minimum absolute atomic E-state index is 0.279. The van der Waals surface area contributed by atoms with Gasteiger partial charge in [-0.05, 0) is 25.5 Å². The van der Waals surface area contributed by atoms with Crippen molar-refractivity contribution in [1.29, 1.82) is 0 Å². The third kappa shape index (κ3) is 1.87. The van der Waals surface area contributed by atoms with Gasteiger partial charge in [0.2, 0.25) is 0 Å². The van der Waals surface area contributed by atoms with E-state index in [1.54, 1.807) is 7.11 Å². The van der Waals surface area contributed by atoms with E-state index in [9.17, 15) is 5.11 Å². The molecule has 0 amide bonds. The Balaban J connectivity index is 2.39. The van der Waals surface area contributed by atoms with Gasteiger partial charge in [0.25, 0.3) is 0 Å². The van der Waals surface area contributed by atoms with Gasteiger partial charge < -0.3 is 14.6 Å². The van der Waals surface area contributed by atoms with E-state index in [-0.39, 0.29) is 5.60 Å². The van der Waals surface area contributed by atoms with Crippen LogP contribution in [0.5, 0.6) is 11.5 Å². The first-order valence-corrected chi connectivity index (χ1v) is 5.63. The maximum absolute atomic E-state index is 10.1. The molecule has 1 aliphatic rings. The highest BCUT2D eigenvalue weighted by atomic mass is 16.5. The van der Waals surface area contributed by atoms with Gasteiger partial charge >= 0.3 is 0 Å². The van der Waals surface area contributed by atoms with Crippen LogP contribution in [0.25, 0.3) is 0 Å². The Kier molecular flexibility index (Phi) is 2.80. The molecule has 1 aromatic rings. The average molecular weight is 222 g/mol. The number of methoxy groups -OCH3 is 1. The van der Waals surface area contributed by atoms with Crippen LogP contribution >= 0.6 is 0 Å². The minimum atomic E-state index is -0.445. The third-order valence-corrected chi connectivity index (χ3v) is 3.31. The molecule has 1 N–H and O–H groups in total. The van der Waals surface area contributed by atoms with E-state index in [0.717, 1.165) is 23.5 Å². The van der Waals surface area contributed by atoms with E-state index < -0.39 is 6.10 Å². The fourth-order valence-electron chi connectivity index (χ4n) is 2.05. The molecule has 3 heteroatoms. The zero-order valence-corrected chi connectivity index (χ0v) is 9.99. The highest BCUT2D eigenvalue weighted by Crippen LogP contribution is 2.42. The lowest BCUT2D eigenvalue weighted by molar-refractivity contribution is -0.00394. The molecule has 1 unspecified atom stereocenters. The van der Waals surface area contributed by atoms with Crippen molar-refractivity contribution in [2.75, 3.05) is 7.11 Å². The predicted octanol–water partition coefficient (Wildman–Crippen LogP) is 2.68. The number of rotatable bonds is 2. The lowest BCUT2D eigenvalue weighted by Crippen LogP contribution is -2.37. The van der Waals surface area contributed by atoms with Crippen molar-refractivity contribution in [3.8, 4) is 11.5 Å². The van der Waals surface area contributed by atoms with Crippen molar-refractivity contribution in [2.24, 2.45) is 0 Å². The lowest BCUT2D eigenvalue weighted by Gasteiger charge is -2.37. The second kappa shape index (κ2) is 3.98. The fourth-order valence-corrected chi connectivity index (χ4v) is 2.05. The van der Waals surface area contributed by atoms with Crippen LogP contribution in [0.1, 0.15) is 38.4 Å². The van der Waals surface area contributed by atoms with Crippen molar-refractivity contribution in [3.05, 3.63) is 23.8 Å². The number of aliphatic hydroxyl groups excluding tert-OH is 1. The SMILES string of the molecule is CCC1(C)C[C@H](O)c2ccc(OC)cc2O1. The molecular weight excluding hydrogens is 204 g/mol. The Bertz CT molecular complexity index is 389. The number of fused-ring (bicyclic) bond motifs is 1. The molecule has 0 spiro atoms. The molecule has 3 nitrogen and oxygen atoms in total. The Morgan fingerprint density at radius 2 is 2.31 bits per heavy atom. The van der Waals surface area contributed by atoms with Gasteiger partial charge in [0.15, 0.2) is 0 Å². The Labute approximate surface area is 96.0 Å². The second-order valence-corrected chi connectivity index (χ2v) is 4.53. The summed E-state index contributed by atoms with van der Waals surface area (Å²) in [4.78, 5) is 0. The van der Waals surface area contributed by atoms with Crippen LogP contribution in [0.4, 0.5) is 0 Å². The van der Waals surface area contributed by atoms with Crippen molar-refractivity contribution in [1.82, 2.24) is 0 Å². The molecule has 0 saturated heterocycles. The fraction of sp³-hybridized carbons (Fsp3) is 0.538. The molecule has 0 saturated carbocycles. The maximum Gasteiger partial charge on any atom is 0.129 e. The summed E-state index contributed by atoms with van der Waals surface area (Å²) >= 11 is 0. The van der Waals surface area contributed by atoms with Gasteiger partial charge in [-0.2, -0.15) is 0 Å². The maximum atomic E-state index is 10.1. The molecule has 88 valence electrons. The lowest BCUT2D eigenvalue weighted by atomic mass is 9.88. The van der Waals surface area contributed by atoms with Crippen molar-refractivity contribution in [3.63, 3.8) is 0 Å². The number of hydrogen-bond acceptors (Lipinski definition) is 3. The average Bonchev–Trinajstić information content (AvgIpc) is 2.28. The summed E-state index contributed by atoms with van der Waals surface area (Å²) in [6.45, 7) is 4.09. The summed E-state index contributed by atoms with van der Waals surface area (Å²) in [6, 6.07) is 5.56. The largest absolute Gasteiger partial charge is 0.497 e. The highest BCUT2D eigenvalue weighted by Gasteiger charge is 2.35. The molecule has 0 fully saturated rings. The molecule has 0 aliphatic carbocycles. The zero-order chi connectivity index (χ0) is 11.8. The van der Waals surface area contributed by atoms with E-state index in [2.05, 4.69) is 6.92 Å². The molecule has 1 aliphatic heterocycles. The molecule has 0 aromatic heterocycles. The monoisotopic (exact) mass is 222 g/mol. The van der Waals surface area contributed by atoms with Crippen LogP contribution in [0.3, 0.4) is 0 Å². The first-order chi connectivity index (χ1) is 7.58. The summed E-state index contributed by atoms with van der Waals surface area (Å²) in [5.41, 5.74) is 0.574. The number of hydrogen-bond donors (Lipinski definition) is 1. The summed E-state index contributed by atoms with van der Waals surface area (Å²) in [6.07, 6.45) is 1.07. The molecule has 1 heterocycles. The molecule has 2 rings (SSSR count). The van der Waals surface area contributed by atoms with Crippen LogP contribution in [0.15, 0.2) is 18.2 Å². The van der Waals surface area contributed by atoms with Gasteiger partial charge in [-0.3, -0.25) is 0 Å². The molecule has 0 bridgehead atoms. The Morgan fingerprint density at radius 3 is 2.94 bits per heavy atom. The summed E-state index contributed by atoms with van der Waals surface area (Å²) < 4.78 is 11.1. The van der Waals surface area contributed by atoms with Crippen molar-refractivity contribution >= 4 is 0 Å². The zero-order valence-electron chi connectivity index (χ0n) is 9.99. The second-order valence-electron chi connectivity index (χ2n) is 4.53. The predicted molar refractivity (Wildman–Crippen MR) is 61.9 cm³/mol. The highest BCUT2D eigenvalue weighted by molar-refractivity contribution is 5.43. The standard InChI is InChI=1S/C13H18O3/c1-4-13(2)8-11(14)10-6-5-9(15-3)7-12(10)16-13/h5-7,11,14H,4,8H2,1-3H3/t11-,13?/m0/s1. The van der Waals surface area contributed by atoms with Gasteiger partial charge in [0.1, 0.15) is 17.1 Å². The van der Waals surface area contributed by atoms with Crippen LogP contribution in [-0.4, -0.2) is 17.8 Å². The van der Waals surface area contributed by atoms with Gasteiger partial charge in [-0.1, -0.05) is 6.92 Å². The van der Waals surface area contributed by atoms with Crippen LogP contribution < -0.4 is 9.47 Å². The van der Waals surface area contributed by atoms with Crippen LogP contribution in [0.2, 0.25) is 0 Å². The number of aliphatic hydroxyl groups is 1. The molecule has 0 radical (unpaired) electrons. The Hall–Kier alpha value is -1.22. The van der Waals surface area contributed by atoms with Gasteiger partial charge in [-0.25, -0.2) is 0 Å². The van der Waals surface area contributed by atoms with Crippen LogP contribution in [-0.2, 0) is 0 Å². The molecule has 2 atom stereocenters. The Morgan fingerprint density at radius 1 is 1.56 bits per heavy atom. The van der Waals surface area contributed by atoms with E-state index >= 15 is 0 Å². The van der Waals surface area contributed by atoms with E-state index in [0.29, 0.717) is 6.42 Å². The van der Waals surface area contributed by atoms with Gasteiger partial charge in [0, 0.05) is 18.1 Å². The third-order valence-electron chi connectivity index (χ3n) is 3.31. The van der Waals surface area contributed by atoms with E-state index in [4.69, 9.17) is 9.47 Å². The minimum Gasteiger partial charge on any atom is -0.497 e. The smallest absolute Gasteiger partial charge is 0.129 e. The first-order valence-electron chi connectivity index (χ1n) is 5.63.